The minimum atomic E-state index is -0.167. The molecule has 0 saturated carbocycles. The summed E-state index contributed by atoms with van der Waals surface area (Å²) in [7, 11) is 1.60. The van der Waals surface area contributed by atoms with Crippen molar-refractivity contribution < 1.29 is 9.53 Å². The number of benzene rings is 2. The summed E-state index contributed by atoms with van der Waals surface area (Å²) in [5, 5.41) is 5.06. The van der Waals surface area contributed by atoms with E-state index in [1.54, 1.807) is 13.3 Å². The molecule has 3 aromatic rings. The topological polar surface area (TPSA) is 63.6 Å². The van der Waals surface area contributed by atoms with Gasteiger partial charge in [0.1, 0.15) is 5.75 Å². The van der Waals surface area contributed by atoms with Crippen LogP contribution >= 0.6 is 11.8 Å². The first kappa shape index (κ1) is 17.9. The molecule has 0 spiro atoms. The summed E-state index contributed by atoms with van der Waals surface area (Å²) in [5.74, 6) is 0.815. The van der Waals surface area contributed by atoms with E-state index in [4.69, 9.17) is 4.74 Å². The number of aryl methyl sites for hydroxylation is 1. The Labute approximate surface area is 156 Å². The fourth-order valence-electron chi connectivity index (χ4n) is 2.51. The second-order valence-electron chi connectivity index (χ2n) is 5.60. The van der Waals surface area contributed by atoms with E-state index in [1.807, 2.05) is 61.5 Å². The van der Waals surface area contributed by atoms with Crippen LogP contribution in [0, 0.1) is 6.92 Å². The van der Waals surface area contributed by atoms with Crippen molar-refractivity contribution in [2.45, 2.75) is 11.8 Å². The van der Waals surface area contributed by atoms with Gasteiger partial charge in [-0.2, -0.15) is 5.10 Å². The highest BCUT2D eigenvalue weighted by molar-refractivity contribution is 8.00. The lowest BCUT2D eigenvalue weighted by atomic mass is 10.2. The fourth-order valence-corrected chi connectivity index (χ4v) is 3.44. The van der Waals surface area contributed by atoms with Crippen LogP contribution in [0.25, 0.3) is 10.9 Å². The van der Waals surface area contributed by atoms with Crippen molar-refractivity contribution >= 4 is 34.8 Å². The van der Waals surface area contributed by atoms with Crippen LogP contribution < -0.4 is 10.2 Å². The molecule has 3 rings (SSSR count). The second kappa shape index (κ2) is 8.49. The van der Waals surface area contributed by atoms with Crippen molar-refractivity contribution in [2.75, 3.05) is 12.9 Å². The second-order valence-corrected chi connectivity index (χ2v) is 6.62. The van der Waals surface area contributed by atoms with Crippen molar-refractivity contribution in [1.82, 2.24) is 10.4 Å². The zero-order valence-corrected chi connectivity index (χ0v) is 15.4. The van der Waals surface area contributed by atoms with E-state index < -0.39 is 0 Å². The first-order valence-corrected chi connectivity index (χ1v) is 9.10. The molecule has 2 aromatic carbocycles. The maximum absolute atomic E-state index is 12.1. The lowest BCUT2D eigenvalue weighted by molar-refractivity contribution is -0.118. The van der Waals surface area contributed by atoms with Gasteiger partial charge >= 0.3 is 0 Å². The van der Waals surface area contributed by atoms with Gasteiger partial charge in [0.05, 0.1) is 24.6 Å². The quantitative estimate of drug-likeness (QED) is 0.410. The van der Waals surface area contributed by atoms with Gasteiger partial charge in [0, 0.05) is 21.5 Å². The molecule has 132 valence electrons. The third-order valence-corrected chi connectivity index (χ3v) is 4.75. The van der Waals surface area contributed by atoms with Crippen molar-refractivity contribution in [3.8, 4) is 5.75 Å². The number of amides is 1. The number of para-hydroxylation sites is 2. The SMILES string of the molecule is COc1ccccc1/C=N\NC(=O)CSc1cc(C)nc2ccccc12. The molecule has 26 heavy (non-hydrogen) atoms. The molecule has 0 bridgehead atoms. The van der Waals surface area contributed by atoms with Crippen molar-refractivity contribution in [3.63, 3.8) is 0 Å². The van der Waals surface area contributed by atoms with E-state index in [0.717, 1.165) is 27.1 Å². The van der Waals surface area contributed by atoms with Gasteiger partial charge < -0.3 is 4.74 Å². The van der Waals surface area contributed by atoms with Gasteiger partial charge in [-0.05, 0) is 31.2 Å². The first-order chi connectivity index (χ1) is 12.7. The summed E-state index contributed by atoms with van der Waals surface area (Å²) >= 11 is 1.48. The van der Waals surface area contributed by atoms with E-state index in [0.29, 0.717) is 5.75 Å². The highest BCUT2D eigenvalue weighted by atomic mass is 32.2. The molecule has 1 amide bonds. The third kappa shape index (κ3) is 4.40. The number of pyridine rings is 1. The van der Waals surface area contributed by atoms with Crippen LogP contribution in [0.5, 0.6) is 5.75 Å². The van der Waals surface area contributed by atoms with Gasteiger partial charge in [0.25, 0.3) is 0 Å². The minimum Gasteiger partial charge on any atom is -0.496 e. The Morgan fingerprint density at radius 2 is 2.00 bits per heavy atom. The number of methoxy groups -OCH3 is 1. The van der Waals surface area contributed by atoms with E-state index in [-0.39, 0.29) is 11.7 Å². The smallest absolute Gasteiger partial charge is 0.250 e. The zero-order chi connectivity index (χ0) is 18.4. The van der Waals surface area contributed by atoms with Crippen molar-refractivity contribution in [1.29, 1.82) is 0 Å². The number of hydrogen-bond acceptors (Lipinski definition) is 5. The van der Waals surface area contributed by atoms with Crippen LogP contribution in [0.1, 0.15) is 11.3 Å². The number of ether oxygens (including phenoxy) is 1. The molecule has 5 nitrogen and oxygen atoms in total. The molecular formula is C20H19N3O2S. The lowest BCUT2D eigenvalue weighted by Gasteiger charge is -2.07. The van der Waals surface area contributed by atoms with Gasteiger partial charge in [0.2, 0.25) is 5.91 Å². The Morgan fingerprint density at radius 1 is 1.23 bits per heavy atom. The molecule has 0 fully saturated rings. The van der Waals surface area contributed by atoms with Gasteiger partial charge in [-0.15, -0.1) is 11.8 Å². The number of nitrogens with one attached hydrogen (secondary N) is 1. The number of thioether (sulfide) groups is 1. The average Bonchev–Trinajstić information content (AvgIpc) is 2.66. The summed E-state index contributed by atoms with van der Waals surface area (Å²) in [6.07, 6.45) is 1.58. The molecule has 0 aliphatic carbocycles. The molecule has 0 aliphatic rings. The molecule has 6 heteroatoms. The van der Waals surface area contributed by atoms with Crippen LogP contribution in [0.2, 0.25) is 0 Å². The minimum absolute atomic E-state index is 0.167. The predicted molar refractivity (Wildman–Crippen MR) is 106 cm³/mol. The number of rotatable bonds is 6. The van der Waals surface area contributed by atoms with Crippen LogP contribution in [0.15, 0.2) is 64.6 Å². The number of aromatic nitrogens is 1. The van der Waals surface area contributed by atoms with E-state index in [1.165, 1.54) is 11.8 Å². The summed E-state index contributed by atoms with van der Waals surface area (Å²) in [5.41, 5.74) is 5.22. The number of nitrogens with zero attached hydrogens (tertiary/aromatic N) is 2. The van der Waals surface area contributed by atoms with Gasteiger partial charge in [-0.3, -0.25) is 9.78 Å². The zero-order valence-electron chi connectivity index (χ0n) is 14.6. The monoisotopic (exact) mass is 365 g/mol. The lowest BCUT2D eigenvalue weighted by Crippen LogP contribution is -2.19. The van der Waals surface area contributed by atoms with Crippen LogP contribution in [0.3, 0.4) is 0 Å². The van der Waals surface area contributed by atoms with Crippen molar-refractivity contribution in [3.05, 3.63) is 65.9 Å². The number of hydrogen-bond donors (Lipinski definition) is 1. The van der Waals surface area contributed by atoms with E-state index in [9.17, 15) is 4.79 Å². The molecule has 1 heterocycles. The Balaban J connectivity index is 1.62. The van der Waals surface area contributed by atoms with Gasteiger partial charge in [-0.25, -0.2) is 5.43 Å². The Morgan fingerprint density at radius 3 is 2.85 bits per heavy atom. The molecule has 0 radical (unpaired) electrons. The van der Waals surface area contributed by atoms with Crippen LogP contribution in [-0.2, 0) is 4.79 Å². The summed E-state index contributed by atoms with van der Waals surface area (Å²) in [6, 6.07) is 17.4. The maximum atomic E-state index is 12.1. The summed E-state index contributed by atoms with van der Waals surface area (Å²) < 4.78 is 5.25. The van der Waals surface area contributed by atoms with E-state index in [2.05, 4.69) is 15.5 Å². The average molecular weight is 365 g/mol. The Hall–Kier alpha value is -2.86. The highest BCUT2D eigenvalue weighted by Gasteiger charge is 2.07. The highest BCUT2D eigenvalue weighted by Crippen LogP contribution is 2.27. The number of carbonyl (C=O) groups excluding carboxylic acids is 1. The predicted octanol–water partition coefficient (Wildman–Crippen LogP) is 3.79. The Bertz CT molecular complexity index is 957. The van der Waals surface area contributed by atoms with Crippen molar-refractivity contribution in [2.24, 2.45) is 5.10 Å². The number of hydrazone groups is 1. The van der Waals surface area contributed by atoms with Gasteiger partial charge in [-0.1, -0.05) is 30.3 Å². The summed E-state index contributed by atoms with van der Waals surface area (Å²) in [4.78, 5) is 17.6. The van der Waals surface area contributed by atoms with Crippen LogP contribution in [0.4, 0.5) is 0 Å². The molecule has 1 aromatic heterocycles. The standard InChI is InChI=1S/C20H19N3O2S/c1-14-11-19(16-8-4-5-9-17(16)22-14)26-13-20(24)23-21-12-15-7-3-6-10-18(15)25-2/h3-12H,13H2,1-2H3,(H,23,24)/b21-12-. The Kier molecular flexibility index (Phi) is 5.86. The first-order valence-electron chi connectivity index (χ1n) is 8.11. The van der Waals surface area contributed by atoms with E-state index >= 15 is 0 Å². The molecule has 1 N–H and O–H groups in total. The molecule has 0 atom stereocenters. The normalized spacial score (nSPS) is 11.0. The molecular weight excluding hydrogens is 346 g/mol. The molecule has 0 aliphatic heterocycles. The molecule has 0 saturated heterocycles. The fraction of sp³-hybridized carbons (Fsp3) is 0.150. The van der Waals surface area contributed by atoms with Gasteiger partial charge in [0.15, 0.2) is 0 Å². The summed E-state index contributed by atoms with van der Waals surface area (Å²) in [6.45, 7) is 1.95. The van der Waals surface area contributed by atoms with Crippen LogP contribution in [-0.4, -0.2) is 30.0 Å². The molecule has 0 unspecified atom stereocenters. The largest absolute Gasteiger partial charge is 0.496 e. The number of fused-ring (bicyclic) bond motifs is 1. The number of carbonyl (C=O) groups is 1. The third-order valence-electron chi connectivity index (χ3n) is 3.70. The maximum Gasteiger partial charge on any atom is 0.250 e.